The second-order valence-electron chi connectivity index (χ2n) is 4.76. The number of carbonyl (C=O) groups excluding carboxylic acids is 1. The van der Waals surface area contributed by atoms with Gasteiger partial charge in [-0.05, 0) is 43.7 Å². The van der Waals surface area contributed by atoms with Crippen molar-refractivity contribution < 1.29 is 14.3 Å². The highest BCUT2D eigenvalue weighted by Crippen LogP contribution is 2.36. The van der Waals surface area contributed by atoms with Gasteiger partial charge >= 0.3 is 0 Å². The van der Waals surface area contributed by atoms with Gasteiger partial charge in [-0.1, -0.05) is 29.8 Å². The fourth-order valence-electron chi connectivity index (χ4n) is 2.03. The molecule has 5 nitrogen and oxygen atoms in total. The molecule has 1 N–H and O–H groups in total. The van der Waals surface area contributed by atoms with E-state index in [0.717, 1.165) is 0 Å². The number of hydrazone groups is 1. The summed E-state index contributed by atoms with van der Waals surface area (Å²) in [5, 5.41) is 4.39. The molecule has 0 aliphatic carbocycles. The zero-order valence-corrected chi connectivity index (χ0v) is 14.3. The topological polar surface area (TPSA) is 59.9 Å². The summed E-state index contributed by atoms with van der Waals surface area (Å²) < 4.78 is 11.1. The molecule has 2 aromatic rings. The Bertz CT molecular complexity index is 718. The van der Waals surface area contributed by atoms with Crippen molar-refractivity contribution in [1.82, 2.24) is 5.43 Å². The number of hydrogen-bond acceptors (Lipinski definition) is 4. The first-order valence-electron chi connectivity index (χ1n) is 7.63. The molecule has 2 rings (SSSR count). The van der Waals surface area contributed by atoms with Crippen LogP contribution in [0.3, 0.4) is 0 Å². The number of benzene rings is 2. The van der Waals surface area contributed by atoms with Crippen LogP contribution in [-0.4, -0.2) is 25.3 Å². The molecule has 0 atom stereocenters. The Morgan fingerprint density at radius 3 is 2.54 bits per heavy atom. The van der Waals surface area contributed by atoms with Gasteiger partial charge < -0.3 is 9.47 Å². The third-order valence-electron chi connectivity index (χ3n) is 3.04. The quantitative estimate of drug-likeness (QED) is 0.611. The smallest absolute Gasteiger partial charge is 0.271 e. The lowest BCUT2D eigenvalue weighted by molar-refractivity contribution is 0.0955. The highest BCUT2D eigenvalue weighted by atomic mass is 35.5. The highest BCUT2D eigenvalue weighted by molar-refractivity contribution is 6.32. The zero-order valence-electron chi connectivity index (χ0n) is 13.6. The first-order chi connectivity index (χ1) is 11.7. The van der Waals surface area contributed by atoms with Crippen molar-refractivity contribution in [3.8, 4) is 11.5 Å². The molecule has 126 valence electrons. The van der Waals surface area contributed by atoms with E-state index in [1.54, 1.807) is 36.4 Å². The van der Waals surface area contributed by atoms with Crippen LogP contribution in [0, 0.1) is 0 Å². The molecule has 0 radical (unpaired) electrons. The van der Waals surface area contributed by atoms with E-state index >= 15 is 0 Å². The van der Waals surface area contributed by atoms with Crippen molar-refractivity contribution in [2.45, 2.75) is 13.8 Å². The van der Waals surface area contributed by atoms with Crippen molar-refractivity contribution in [3.63, 3.8) is 0 Å². The molecule has 2 aromatic carbocycles. The molecule has 0 saturated heterocycles. The van der Waals surface area contributed by atoms with Crippen molar-refractivity contribution in [3.05, 3.63) is 58.6 Å². The fraction of sp³-hybridized carbons (Fsp3) is 0.222. The van der Waals surface area contributed by atoms with Gasteiger partial charge in [-0.3, -0.25) is 4.79 Å². The summed E-state index contributed by atoms with van der Waals surface area (Å²) >= 11 is 6.23. The van der Waals surface area contributed by atoms with Gasteiger partial charge in [-0.15, -0.1) is 0 Å². The summed E-state index contributed by atoms with van der Waals surface area (Å²) in [4.78, 5) is 11.9. The molecular formula is C18H19ClN2O3. The normalized spacial score (nSPS) is 10.6. The van der Waals surface area contributed by atoms with Crippen molar-refractivity contribution in [1.29, 1.82) is 0 Å². The average molecular weight is 347 g/mol. The number of hydrogen-bond donors (Lipinski definition) is 1. The summed E-state index contributed by atoms with van der Waals surface area (Å²) in [5.74, 6) is 0.767. The molecule has 0 heterocycles. The van der Waals surface area contributed by atoms with Gasteiger partial charge in [0, 0.05) is 5.56 Å². The minimum absolute atomic E-state index is 0.283. The molecule has 1 amide bonds. The van der Waals surface area contributed by atoms with Crippen LogP contribution in [0.2, 0.25) is 5.02 Å². The summed E-state index contributed by atoms with van der Waals surface area (Å²) in [5.41, 5.74) is 3.70. The van der Waals surface area contributed by atoms with Crippen molar-refractivity contribution in [2.24, 2.45) is 5.10 Å². The van der Waals surface area contributed by atoms with Gasteiger partial charge in [0.25, 0.3) is 5.91 Å². The maximum absolute atomic E-state index is 11.9. The lowest BCUT2D eigenvalue weighted by Gasteiger charge is -2.13. The van der Waals surface area contributed by atoms with Gasteiger partial charge in [-0.25, -0.2) is 5.43 Å². The van der Waals surface area contributed by atoms with Crippen LogP contribution < -0.4 is 14.9 Å². The van der Waals surface area contributed by atoms with E-state index in [0.29, 0.717) is 40.9 Å². The number of carbonyl (C=O) groups is 1. The van der Waals surface area contributed by atoms with E-state index in [4.69, 9.17) is 21.1 Å². The Hall–Kier alpha value is -2.53. The average Bonchev–Trinajstić information content (AvgIpc) is 2.59. The summed E-state index contributed by atoms with van der Waals surface area (Å²) in [7, 11) is 0. The van der Waals surface area contributed by atoms with Gasteiger partial charge in [0.2, 0.25) is 0 Å². The Balaban J connectivity index is 2.12. The van der Waals surface area contributed by atoms with Crippen molar-refractivity contribution in [2.75, 3.05) is 13.2 Å². The number of nitrogens with zero attached hydrogens (tertiary/aromatic N) is 1. The summed E-state index contributed by atoms with van der Waals surface area (Å²) in [6.45, 7) is 4.73. The van der Waals surface area contributed by atoms with Crippen LogP contribution in [0.1, 0.15) is 29.8 Å². The third kappa shape index (κ3) is 4.73. The molecule has 24 heavy (non-hydrogen) atoms. The van der Waals surface area contributed by atoms with E-state index in [-0.39, 0.29) is 5.91 Å². The Morgan fingerprint density at radius 2 is 1.88 bits per heavy atom. The Labute approximate surface area is 146 Å². The van der Waals surface area contributed by atoms with E-state index in [1.165, 1.54) is 6.21 Å². The van der Waals surface area contributed by atoms with Crippen LogP contribution >= 0.6 is 11.6 Å². The van der Waals surface area contributed by atoms with E-state index in [9.17, 15) is 4.79 Å². The molecule has 0 fully saturated rings. The van der Waals surface area contributed by atoms with Crippen LogP contribution in [0.4, 0.5) is 0 Å². The lowest BCUT2D eigenvalue weighted by atomic mass is 10.2. The number of halogens is 1. The second kappa shape index (κ2) is 8.93. The number of nitrogens with one attached hydrogen (secondary N) is 1. The lowest BCUT2D eigenvalue weighted by Crippen LogP contribution is -2.17. The minimum Gasteiger partial charge on any atom is -0.490 e. The number of ether oxygens (including phenoxy) is 2. The van der Waals surface area contributed by atoms with E-state index in [1.807, 2.05) is 19.9 Å². The zero-order chi connectivity index (χ0) is 17.4. The minimum atomic E-state index is -0.283. The predicted octanol–water partition coefficient (Wildman–Crippen LogP) is 3.90. The first-order valence-corrected chi connectivity index (χ1v) is 8.01. The number of amides is 1. The largest absolute Gasteiger partial charge is 0.490 e. The number of rotatable bonds is 7. The molecule has 0 aliphatic rings. The molecule has 6 heteroatoms. The van der Waals surface area contributed by atoms with Crippen molar-refractivity contribution >= 4 is 23.7 Å². The van der Waals surface area contributed by atoms with Crippen LogP contribution in [-0.2, 0) is 0 Å². The monoisotopic (exact) mass is 346 g/mol. The van der Waals surface area contributed by atoms with Gasteiger partial charge in [0.15, 0.2) is 11.5 Å². The van der Waals surface area contributed by atoms with Gasteiger partial charge in [0.1, 0.15) is 0 Å². The molecule has 0 unspecified atom stereocenters. The van der Waals surface area contributed by atoms with Gasteiger partial charge in [0.05, 0.1) is 24.5 Å². The van der Waals surface area contributed by atoms with Crippen LogP contribution in [0.25, 0.3) is 0 Å². The highest BCUT2D eigenvalue weighted by Gasteiger charge is 2.11. The maximum atomic E-state index is 11.9. The van der Waals surface area contributed by atoms with Crippen LogP contribution in [0.5, 0.6) is 11.5 Å². The molecule has 0 saturated carbocycles. The Morgan fingerprint density at radius 1 is 1.17 bits per heavy atom. The van der Waals surface area contributed by atoms with Gasteiger partial charge in [-0.2, -0.15) is 5.10 Å². The second-order valence-corrected chi connectivity index (χ2v) is 5.17. The fourth-order valence-corrected chi connectivity index (χ4v) is 2.30. The molecule has 0 aromatic heterocycles. The SMILES string of the molecule is CCOc1cc(/C=N/NC(=O)c2ccccc2)cc(Cl)c1OCC. The Kier molecular flexibility index (Phi) is 6.63. The van der Waals surface area contributed by atoms with E-state index in [2.05, 4.69) is 10.5 Å². The van der Waals surface area contributed by atoms with E-state index < -0.39 is 0 Å². The standard InChI is InChI=1S/C18H19ClN2O3/c1-3-23-16-11-13(10-15(19)17(16)24-4-2)12-20-21-18(22)14-8-6-5-7-9-14/h5-12H,3-4H2,1-2H3,(H,21,22)/b20-12+. The first kappa shape index (κ1) is 17.8. The molecule has 0 bridgehead atoms. The summed E-state index contributed by atoms with van der Waals surface area (Å²) in [6.07, 6.45) is 1.50. The molecule has 0 aliphatic heterocycles. The summed E-state index contributed by atoms with van der Waals surface area (Å²) in [6, 6.07) is 12.3. The predicted molar refractivity (Wildman–Crippen MR) is 95.3 cm³/mol. The maximum Gasteiger partial charge on any atom is 0.271 e. The third-order valence-corrected chi connectivity index (χ3v) is 3.32. The molecular weight excluding hydrogens is 328 g/mol. The molecule has 0 spiro atoms. The van der Waals surface area contributed by atoms with Crippen LogP contribution in [0.15, 0.2) is 47.6 Å².